The molecule has 32 heavy (non-hydrogen) atoms. The molecule has 0 aliphatic carbocycles. The fraction of sp³-hybridized carbons (Fsp3) is 0.185. The van der Waals surface area contributed by atoms with Gasteiger partial charge in [-0.3, -0.25) is 9.59 Å². The molecular weight excluding hydrogens is 400 g/mol. The number of hydrogen-bond acceptors (Lipinski definition) is 4. The van der Waals surface area contributed by atoms with Crippen molar-refractivity contribution in [2.75, 3.05) is 10.2 Å². The number of amides is 2. The van der Waals surface area contributed by atoms with E-state index in [1.807, 2.05) is 82.3 Å². The van der Waals surface area contributed by atoms with Crippen molar-refractivity contribution in [3.63, 3.8) is 0 Å². The molecule has 0 unspecified atom stereocenters. The molecule has 0 bridgehead atoms. The Hall–Kier alpha value is -3.86. The van der Waals surface area contributed by atoms with E-state index >= 15 is 0 Å². The van der Waals surface area contributed by atoms with Crippen LogP contribution in [0, 0.1) is 13.8 Å². The van der Waals surface area contributed by atoms with Gasteiger partial charge in [-0.05, 0) is 80.8 Å². The number of para-hydroxylation sites is 1. The van der Waals surface area contributed by atoms with Gasteiger partial charge >= 0.3 is 0 Å². The molecule has 1 aliphatic rings. The molecule has 4 rings (SSSR count). The third-order valence-electron chi connectivity index (χ3n) is 5.10. The zero-order valence-corrected chi connectivity index (χ0v) is 18.7. The van der Waals surface area contributed by atoms with Crippen molar-refractivity contribution >= 4 is 28.8 Å². The highest BCUT2D eigenvalue weighted by Crippen LogP contribution is 2.34. The van der Waals surface area contributed by atoms with Crippen molar-refractivity contribution in [2.45, 2.75) is 33.8 Å². The highest BCUT2D eigenvalue weighted by Gasteiger charge is 2.40. The van der Waals surface area contributed by atoms with Gasteiger partial charge in [-0.25, -0.2) is 4.90 Å². The summed E-state index contributed by atoms with van der Waals surface area (Å²) in [6.07, 6.45) is 0.0464. The number of nitrogens with zero attached hydrogens (tertiary/aromatic N) is 1. The molecule has 0 spiro atoms. The molecule has 1 heterocycles. The van der Waals surface area contributed by atoms with Crippen LogP contribution in [0.15, 0.2) is 78.5 Å². The second-order valence-corrected chi connectivity index (χ2v) is 8.22. The summed E-state index contributed by atoms with van der Waals surface area (Å²) in [5.41, 5.74) is 4.71. The quantitative estimate of drug-likeness (QED) is 0.530. The van der Waals surface area contributed by atoms with Crippen LogP contribution in [0.25, 0.3) is 5.57 Å². The molecule has 5 nitrogen and oxygen atoms in total. The lowest BCUT2D eigenvalue weighted by atomic mass is 10.0. The Labute approximate surface area is 188 Å². The van der Waals surface area contributed by atoms with E-state index in [1.165, 1.54) is 4.90 Å². The third kappa shape index (κ3) is 4.28. The van der Waals surface area contributed by atoms with Crippen LogP contribution in [0.2, 0.25) is 0 Å². The summed E-state index contributed by atoms with van der Waals surface area (Å²) in [6, 6.07) is 22.2. The summed E-state index contributed by atoms with van der Waals surface area (Å²) in [4.78, 5) is 28.2. The minimum atomic E-state index is -0.377. The first kappa shape index (κ1) is 21.4. The number of hydrogen-bond donors (Lipinski definition) is 1. The average Bonchev–Trinajstić information content (AvgIpc) is 2.98. The van der Waals surface area contributed by atoms with Crippen LogP contribution in [-0.2, 0) is 9.59 Å². The van der Waals surface area contributed by atoms with E-state index in [2.05, 4.69) is 11.4 Å². The second kappa shape index (κ2) is 8.71. The maximum absolute atomic E-state index is 13.5. The molecule has 1 N–H and O–H groups in total. The Morgan fingerprint density at radius 3 is 2.03 bits per heavy atom. The van der Waals surface area contributed by atoms with E-state index in [4.69, 9.17) is 4.74 Å². The van der Waals surface area contributed by atoms with Crippen molar-refractivity contribution in [1.29, 1.82) is 0 Å². The van der Waals surface area contributed by atoms with E-state index < -0.39 is 0 Å². The van der Waals surface area contributed by atoms with Crippen molar-refractivity contribution in [3.05, 3.63) is 95.2 Å². The van der Waals surface area contributed by atoms with Crippen molar-refractivity contribution < 1.29 is 14.3 Å². The molecule has 0 radical (unpaired) electrons. The van der Waals surface area contributed by atoms with Crippen molar-refractivity contribution in [2.24, 2.45) is 0 Å². The van der Waals surface area contributed by atoms with Gasteiger partial charge in [0.2, 0.25) is 0 Å². The van der Waals surface area contributed by atoms with Gasteiger partial charge in [-0.1, -0.05) is 36.4 Å². The number of benzene rings is 3. The van der Waals surface area contributed by atoms with Crippen LogP contribution in [-0.4, -0.2) is 17.9 Å². The van der Waals surface area contributed by atoms with Crippen LogP contribution >= 0.6 is 0 Å². The molecule has 0 aromatic heterocycles. The molecule has 3 aromatic rings. The number of nitrogens with one attached hydrogen (secondary N) is 1. The Morgan fingerprint density at radius 1 is 0.812 bits per heavy atom. The maximum Gasteiger partial charge on any atom is 0.282 e. The van der Waals surface area contributed by atoms with Gasteiger partial charge in [0.1, 0.15) is 11.4 Å². The Morgan fingerprint density at radius 2 is 1.44 bits per heavy atom. The Kier molecular flexibility index (Phi) is 5.82. The van der Waals surface area contributed by atoms with E-state index in [1.54, 1.807) is 12.1 Å². The number of carbonyl (C=O) groups is 2. The molecule has 0 atom stereocenters. The smallest absolute Gasteiger partial charge is 0.282 e. The fourth-order valence-electron chi connectivity index (χ4n) is 3.89. The predicted octanol–water partition coefficient (Wildman–Crippen LogP) is 5.49. The topological polar surface area (TPSA) is 58.6 Å². The van der Waals surface area contributed by atoms with Gasteiger partial charge in [-0.15, -0.1) is 0 Å². The highest BCUT2D eigenvalue weighted by molar-refractivity contribution is 6.46. The van der Waals surface area contributed by atoms with Gasteiger partial charge < -0.3 is 10.1 Å². The first-order valence-corrected chi connectivity index (χ1v) is 10.6. The van der Waals surface area contributed by atoms with E-state index in [9.17, 15) is 9.59 Å². The Bertz CT molecular complexity index is 1180. The van der Waals surface area contributed by atoms with Crippen molar-refractivity contribution in [1.82, 2.24) is 0 Å². The lowest BCUT2D eigenvalue weighted by molar-refractivity contribution is -0.120. The number of imide groups is 1. The number of aryl methyl sites for hydroxylation is 2. The van der Waals surface area contributed by atoms with Crippen molar-refractivity contribution in [3.8, 4) is 5.75 Å². The number of carbonyl (C=O) groups excluding carboxylic acids is 2. The lowest BCUT2D eigenvalue weighted by Gasteiger charge is -2.15. The summed E-state index contributed by atoms with van der Waals surface area (Å²) >= 11 is 0. The van der Waals surface area contributed by atoms with Gasteiger partial charge in [0.25, 0.3) is 11.8 Å². The molecule has 3 aromatic carbocycles. The molecule has 0 saturated heterocycles. The number of ether oxygens (including phenoxy) is 1. The Balaban J connectivity index is 1.79. The minimum Gasteiger partial charge on any atom is -0.491 e. The average molecular weight is 427 g/mol. The summed E-state index contributed by atoms with van der Waals surface area (Å²) in [7, 11) is 0. The normalized spacial score (nSPS) is 13.8. The fourth-order valence-corrected chi connectivity index (χ4v) is 3.89. The van der Waals surface area contributed by atoms with Crippen LogP contribution in [0.5, 0.6) is 5.75 Å². The van der Waals surface area contributed by atoms with Gasteiger partial charge in [0.15, 0.2) is 0 Å². The van der Waals surface area contributed by atoms with Gasteiger partial charge in [0, 0.05) is 5.69 Å². The van der Waals surface area contributed by atoms with Crippen LogP contribution in [0.1, 0.15) is 30.5 Å². The second-order valence-electron chi connectivity index (χ2n) is 8.22. The molecule has 0 fully saturated rings. The summed E-state index contributed by atoms with van der Waals surface area (Å²) in [6.45, 7) is 7.91. The third-order valence-corrected chi connectivity index (χ3v) is 5.10. The number of rotatable bonds is 6. The predicted molar refractivity (Wildman–Crippen MR) is 128 cm³/mol. The molecule has 162 valence electrons. The minimum absolute atomic E-state index is 0.0464. The lowest BCUT2D eigenvalue weighted by Crippen LogP contribution is -2.32. The molecule has 0 saturated carbocycles. The zero-order valence-electron chi connectivity index (χ0n) is 18.7. The SMILES string of the molecule is Cc1cc(C)cc(NC2=C(c3ccc(OC(C)C)cc3)C(=O)N(c3ccccc3)C2=O)c1. The van der Waals surface area contributed by atoms with Gasteiger partial charge in [-0.2, -0.15) is 0 Å². The zero-order chi connectivity index (χ0) is 22.8. The maximum atomic E-state index is 13.5. The van der Waals surface area contributed by atoms with E-state index in [0.29, 0.717) is 22.6 Å². The molecular formula is C27H26N2O3. The van der Waals surface area contributed by atoms with Crippen LogP contribution in [0.3, 0.4) is 0 Å². The molecule has 1 aliphatic heterocycles. The summed E-state index contributed by atoms with van der Waals surface area (Å²) in [5, 5.41) is 3.23. The monoisotopic (exact) mass is 426 g/mol. The van der Waals surface area contributed by atoms with Gasteiger partial charge in [0.05, 0.1) is 17.4 Å². The van der Waals surface area contributed by atoms with E-state index in [0.717, 1.165) is 16.8 Å². The first-order valence-electron chi connectivity index (χ1n) is 10.6. The first-order chi connectivity index (χ1) is 15.3. The number of anilines is 2. The molecule has 5 heteroatoms. The van der Waals surface area contributed by atoms with Crippen LogP contribution < -0.4 is 15.0 Å². The summed E-state index contributed by atoms with van der Waals surface area (Å²) < 4.78 is 5.73. The standard InChI is InChI=1S/C27H26N2O3/c1-17(2)32-23-12-10-20(11-13-23)24-25(28-21-15-18(3)14-19(4)16-21)27(31)29(26(24)30)22-8-6-5-7-9-22/h5-17,28H,1-4H3. The largest absolute Gasteiger partial charge is 0.491 e. The van der Waals surface area contributed by atoms with E-state index in [-0.39, 0.29) is 23.6 Å². The van der Waals surface area contributed by atoms with Crippen LogP contribution in [0.4, 0.5) is 11.4 Å². The molecule has 2 amide bonds. The summed E-state index contributed by atoms with van der Waals surface area (Å²) in [5.74, 6) is -0.0201. The highest BCUT2D eigenvalue weighted by atomic mass is 16.5.